The topological polar surface area (TPSA) is 26.3 Å². The van der Waals surface area contributed by atoms with Gasteiger partial charge in [0.15, 0.2) is 0 Å². The predicted molar refractivity (Wildman–Crippen MR) is 119 cm³/mol. The molecule has 2 aromatic rings. The van der Waals surface area contributed by atoms with Crippen LogP contribution in [0.5, 0.6) is 0 Å². The summed E-state index contributed by atoms with van der Waals surface area (Å²) in [6, 6.07) is 8.50. The minimum atomic E-state index is -0.115. The van der Waals surface area contributed by atoms with Crippen molar-refractivity contribution in [1.82, 2.24) is 0 Å². The molecule has 150 valence electrons. The molecular formula is C23H34O2S2. The summed E-state index contributed by atoms with van der Waals surface area (Å²) in [5, 5.41) is 2.10. The van der Waals surface area contributed by atoms with Crippen LogP contribution in [0, 0.1) is 5.92 Å². The Bertz CT molecular complexity index is 645. The van der Waals surface area contributed by atoms with Gasteiger partial charge in [-0.15, -0.1) is 22.7 Å². The zero-order valence-electron chi connectivity index (χ0n) is 17.0. The molecule has 0 aliphatic rings. The van der Waals surface area contributed by atoms with Crippen LogP contribution in [0.25, 0.3) is 9.75 Å². The van der Waals surface area contributed by atoms with E-state index in [4.69, 9.17) is 4.74 Å². The smallest absolute Gasteiger partial charge is 0.309 e. The van der Waals surface area contributed by atoms with Gasteiger partial charge in [0, 0.05) is 14.6 Å². The number of carbonyl (C=O) groups excluding carboxylic acids is 1. The number of carbonyl (C=O) groups is 1. The summed E-state index contributed by atoms with van der Waals surface area (Å²) in [6.45, 7) is 6.51. The molecule has 0 saturated heterocycles. The van der Waals surface area contributed by atoms with E-state index in [1.54, 1.807) is 22.7 Å². The largest absolute Gasteiger partial charge is 0.456 e. The molecule has 2 rings (SSSR count). The lowest BCUT2D eigenvalue weighted by atomic mass is 9.95. The number of ether oxygens (including phenoxy) is 1. The van der Waals surface area contributed by atoms with Crippen molar-refractivity contribution in [3.63, 3.8) is 0 Å². The molecule has 0 N–H and O–H groups in total. The third-order valence-corrected chi connectivity index (χ3v) is 7.23. The van der Waals surface area contributed by atoms with E-state index in [0.717, 1.165) is 43.4 Å². The van der Waals surface area contributed by atoms with Crippen LogP contribution in [0.15, 0.2) is 29.6 Å². The van der Waals surface area contributed by atoms with E-state index in [1.165, 1.54) is 29.0 Å². The molecule has 0 bridgehead atoms. The molecule has 4 heteroatoms. The third kappa shape index (κ3) is 7.08. The van der Waals surface area contributed by atoms with Crippen molar-refractivity contribution in [2.75, 3.05) is 0 Å². The van der Waals surface area contributed by atoms with E-state index in [-0.39, 0.29) is 18.0 Å². The summed E-state index contributed by atoms with van der Waals surface area (Å²) >= 11 is 3.50. The van der Waals surface area contributed by atoms with Crippen molar-refractivity contribution in [2.24, 2.45) is 5.92 Å². The molecule has 0 aliphatic heterocycles. The average molecular weight is 407 g/mol. The molecule has 0 aromatic carbocycles. The first-order valence-electron chi connectivity index (χ1n) is 10.5. The molecule has 0 amide bonds. The van der Waals surface area contributed by atoms with Crippen LogP contribution in [0.4, 0.5) is 0 Å². The summed E-state index contributed by atoms with van der Waals surface area (Å²) in [7, 11) is 0. The van der Waals surface area contributed by atoms with E-state index in [9.17, 15) is 4.79 Å². The minimum Gasteiger partial charge on any atom is -0.456 e. The van der Waals surface area contributed by atoms with Gasteiger partial charge < -0.3 is 4.74 Å². The van der Waals surface area contributed by atoms with Gasteiger partial charge in [-0.25, -0.2) is 0 Å². The Morgan fingerprint density at radius 2 is 1.74 bits per heavy atom. The fourth-order valence-corrected chi connectivity index (χ4v) is 5.26. The zero-order valence-corrected chi connectivity index (χ0v) is 18.7. The minimum absolute atomic E-state index is 0.0119. The highest BCUT2D eigenvalue weighted by molar-refractivity contribution is 7.21. The van der Waals surface area contributed by atoms with Crippen molar-refractivity contribution < 1.29 is 9.53 Å². The fraction of sp³-hybridized carbons (Fsp3) is 0.609. The fourth-order valence-electron chi connectivity index (χ4n) is 3.30. The SMILES string of the molecule is CCCCCCC(CCCC)C(=O)OC(CC)c1ccc(-c2cccs2)s1. The highest BCUT2D eigenvalue weighted by Gasteiger charge is 2.24. The van der Waals surface area contributed by atoms with E-state index in [1.807, 2.05) is 0 Å². The maximum absolute atomic E-state index is 12.9. The summed E-state index contributed by atoms with van der Waals surface area (Å²) < 4.78 is 6.01. The van der Waals surface area contributed by atoms with Gasteiger partial charge in [-0.2, -0.15) is 0 Å². The molecule has 0 aliphatic carbocycles. The van der Waals surface area contributed by atoms with Gasteiger partial charge >= 0.3 is 5.97 Å². The standard InChI is InChI=1S/C23H34O2S2/c1-4-7-9-10-13-18(12-8-5-2)23(24)25-19(6-3)20-15-16-22(27-20)21-14-11-17-26-21/h11,14-19H,4-10,12-13H2,1-3H3. The highest BCUT2D eigenvalue weighted by atomic mass is 32.1. The predicted octanol–water partition coefficient (Wildman–Crippen LogP) is 8.25. The summed E-state index contributed by atoms with van der Waals surface area (Å²) in [6.07, 6.45) is 9.72. The Hall–Kier alpha value is -1.13. The second-order valence-corrected chi connectivity index (χ2v) is 9.26. The van der Waals surface area contributed by atoms with Crippen LogP contribution >= 0.6 is 22.7 Å². The van der Waals surface area contributed by atoms with Crippen LogP contribution in [-0.4, -0.2) is 5.97 Å². The number of thiophene rings is 2. The Kier molecular flexibility index (Phi) is 10.1. The van der Waals surface area contributed by atoms with Crippen LogP contribution < -0.4 is 0 Å². The summed E-state index contributed by atoms with van der Waals surface area (Å²) in [5.74, 6) is 0.0745. The molecule has 2 aromatic heterocycles. The molecular weight excluding hydrogens is 372 g/mol. The lowest BCUT2D eigenvalue weighted by Crippen LogP contribution is -2.20. The van der Waals surface area contributed by atoms with Crippen molar-refractivity contribution in [2.45, 2.75) is 84.7 Å². The van der Waals surface area contributed by atoms with Crippen LogP contribution in [-0.2, 0) is 9.53 Å². The molecule has 0 radical (unpaired) electrons. The quantitative estimate of drug-likeness (QED) is 0.247. The molecule has 2 atom stereocenters. The van der Waals surface area contributed by atoms with Crippen molar-refractivity contribution in [1.29, 1.82) is 0 Å². The van der Waals surface area contributed by atoms with E-state index >= 15 is 0 Å². The van der Waals surface area contributed by atoms with Crippen LogP contribution in [0.2, 0.25) is 0 Å². The first-order chi connectivity index (χ1) is 13.2. The highest BCUT2D eigenvalue weighted by Crippen LogP contribution is 2.36. The first kappa shape index (κ1) is 22.2. The van der Waals surface area contributed by atoms with Gasteiger partial charge in [0.25, 0.3) is 0 Å². The van der Waals surface area contributed by atoms with Gasteiger partial charge in [0.1, 0.15) is 6.10 Å². The van der Waals surface area contributed by atoms with Gasteiger partial charge in [-0.1, -0.05) is 65.4 Å². The Morgan fingerprint density at radius 1 is 0.963 bits per heavy atom. The molecule has 2 nitrogen and oxygen atoms in total. The monoisotopic (exact) mass is 406 g/mol. The zero-order chi connectivity index (χ0) is 19.5. The van der Waals surface area contributed by atoms with Gasteiger partial charge in [0.2, 0.25) is 0 Å². The van der Waals surface area contributed by atoms with E-state index in [2.05, 4.69) is 50.4 Å². The van der Waals surface area contributed by atoms with Gasteiger partial charge in [0.05, 0.1) is 5.92 Å². The van der Waals surface area contributed by atoms with Crippen molar-refractivity contribution in [3.8, 4) is 9.75 Å². The molecule has 2 heterocycles. The van der Waals surface area contributed by atoms with E-state index in [0.29, 0.717) is 0 Å². The third-order valence-electron chi connectivity index (χ3n) is 4.98. The Morgan fingerprint density at radius 3 is 2.41 bits per heavy atom. The summed E-state index contributed by atoms with van der Waals surface area (Å²) in [5.41, 5.74) is 0. The van der Waals surface area contributed by atoms with Gasteiger partial charge in [-0.05, 0) is 42.8 Å². The van der Waals surface area contributed by atoms with Gasteiger partial charge in [-0.3, -0.25) is 4.79 Å². The molecule has 2 unspecified atom stereocenters. The first-order valence-corrected chi connectivity index (χ1v) is 12.2. The number of rotatable bonds is 13. The van der Waals surface area contributed by atoms with Crippen LogP contribution in [0.1, 0.15) is 89.5 Å². The normalized spacial score (nSPS) is 13.4. The van der Waals surface area contributed by atoms with E-state index < -0.39 is 0 Å². The lowest BCUT2D eigenvalue weighted by molar-refractivity contribution is -0.155. The molecule has 27 heavy (non-hydrogen) atoms. The van der Waals surface area contributed by atoms with Crippen LogP contribution in [0.3, 0.4) is 0 Å². The molecule has 0 saturated carbocycles. The second kappa shape index (κ2) is 12.4. The Balaban J connectivity index is 1.97. The average Bonchev–Trinajstić information content (AvgIpc) is 3.36. The summed E-state index contributed by atoms with van der Waals surface area (Å²) in [4.78, 5) is 16.6. The second-order valence-electron chi connectivity index (χ2n) is 7.20. The number of unbranched alkanes of at least 4 members (excludes halogenated alkanes) is 4. The Labute approximate surface area is 173 Å². The van der Waals surface area contributed by atoms with Crippen molar-refractivity contribution in [3.05, 3.63) is 34.5 Å². The molecule has 0 fully saturated rings. The molecule has 0 spiro atoms. The maximum atomic E-state index is 12.9. The number of esters is 1. The lowest BCUT2D eigenvalue weighted by Gasteiger charge is -2.20. The maximum Gasteiger partial charge on any atom is 0.309 e. The number of hydrogen-bond acceptors (Lipinski definition) is 4. The van der Waals surface area contributed by atoms with Crippen molar-refractivity contribution >= 4 is 28.6 Å². The number of hydrogen-bond donors (Lipinski definition) is 0.